The van der Waals surface area contributed by atoms with E-state index in [0.717, 1.165) is 25.2 Å². The van der Waals surface area contributed by atoms with Crippen LogP contribution in [0.1, 0.15) is 70.6 Å². The highest BCUT2D eigenvalue weighted by molar-refractivity contribution is 5.76. The van der Waals surface area contributed by atoms with E-state index in [1.165, 1.54) is 32.1 Å². The van der Waals surface area contributed by atoms with Crippen LogP contribution in [-0.4, -0.2) is 23.0 Å². The van der Waals surface area contributed by atoms with Gasteiger partial charge in [-0.1, -0.05) is 32.1 Å². The van der Waals surface area contributed by atoms with Crippen LogP contribution in [0.15, 0.2) is 0 Å². The number of carboxylic acid groups (broad SMARTS) is 1. The van der Waals surface area contributed by atoms with Crippen molar-refractivity contribution in [3.05, 3.63) is 0 Å². The largest absolute Gasteiger partial charge is 0.481 e. The van der Waals surface area contributed by atoms with Gasteiger partial charge in [-0.25, -0.2) is 0 Å². The molecule has 0 aliphatic heterocycles. The smallest absolute Gasteiger partial charge is 0.306 e. The predicted octanol–water partition coefficient (Wildman–Crippen LogP) is 3.11. The molecule has 2 fully saturated rings. The van der Waals surface area contributed by atoms with Gasteiger partial charge in [-0.15, -0.1) is 0 Å². The van der Waals surface area contributed by atoms with Gasteiger partial charge in [0.15, 0.2) is 0 Å². The lowest BCUT2D eigenvalue weighted by atomic mass is 9.85. The fourth-order valence-corrected chi connectivity index (χ4v) is 3.60. The van der Waals surface area contributed by atoms with Crippen LogP contribution in [-0.2, 0) is 9.59 Å². The number of carboxylic acids is 1. The number of nitrogens with one attached hydrogen (secondary N) is 1. The molecule has 0 saturated heterocycles. The van der Waals surface area contributed by atoms with Crippen molar-refractivity contribution < 1.29 is 14.7 Å². The highest BCUT2D eigenvalue weighted by Crippen LogP contribution is 2.28. The van der Waals surface area contributed by atoms with Gasteiger partial charge in [-0.2, -0.15) is 0 Å². The van der Waals surface area contributed by atoms with E-state index < -0.39 is 5.97 Å². The molecule has 0 atom stereocenters. The lowest BCUT2D eigenvalue weighted by Gasteiger charge is -2.27. The van der Waals surface area contributed by atoms with E-state index in [2.05, 4.69) is 5.32 Å². The molecule has 0 unspecified atom stereocenters. The van der Waals surface area contributed by atoms with E-state index in [1.54, 1.807) is 0 Å². The molecule has 2 aliphatic rings. The minimum atomic E-state index is -0.688. The molecular weight excluding hydrogens is 254 g/mol. The van der Waals surface area contributed by atoms with Gasteiger partial charge in [0, 0.05) is 12.5 Å². The van der Waals surface area contributed by atoms with Crippen molar-refractivity contribution in [2.75, 3.05) is 0 Å². The molecular formula is C16H27NO3. The quantitative estimate of drug-likeness (QED) is 0.813. The van der Waals surface area contributed by atoms with E-state index in [0.29, 0.717) is 19.3 Å². The number of hydrogen-bond donors (Lipinski definition) is 2. The first-order chi connectivity index (χ1) is 9.65. The van der Waals surface area contributed by atoms with Gasteiger partial charge >= 0.3 is 5.97 Å². The zero-order valence-electron chi connectivity index (χ0n) is 12.3. The minimum absolute atomic E-state index is 0.161. The van der Waals surface area contributed by atoms with E-state index in [4.69, 9.17) is 5.11 Å². The average molecular weight is 281 g/mol. The molecule has 0 spiro atoms. The molecule has 0 aromatic heterocycles. The Labute approximate surface area is 121 Å². The Balaban J connectivity index is 1.61. The summed E-state index contributed by atoms with van der Waals surface area (Å²) in [6.45, 7) is 0. The molecule has 0 aromatic rings. The summed E-state index contributed by atoms with van der Waals surface area (Å²) in [6, 6.07) is 0.199. The molecule has 0 bridgehead atoms. The summed E-state index contributed by atoms with van der Waals surface area (Å²) in [7, 11) is 0. The predicted molar refractivity (Wildman–Crippen MR) is 77.3 cm³/mol. The highest BCUT2D eigenvalue weighted by Gasteiger charge is 2.26. The van der Waals surface area contributed by atoms with E-state index >= 15 is 0 Å². The van der Waals surface area contributed by atoms with Crippen LogP contribution >= 0.6 is 0 Å². The molecule has 2 N–H and O–H groups in total. The fourth-order valence-electron chi connectivity index (χ4n) is 3.60. The van der Waals surface area contributed by atoms with Crippen molar-refractivity contribution in [1.82, 2.24) is 5.32 Å². The number of amides is 1. The standard InChI is InChI=1S/C16H27NO3/c18-15(11-6-12-4-2-1-3-5-12)17-14-9-7-13(8-10-14)16(19)20/h12-14H,1-11H2,(H,17,18)(H,19,20). The maximum atomic E-state index is 11.9. The number of rotatable bonds is 5. The molecule has 2 rings (SSSR count). The first-order valence-corrected chi connectivity index (χ1v) is 8.17. The third-order valence-electron chi connectivity index (χ3n) is 4.95. The van der Waals surface area contributed by atoms with Gasteiger partial charge in [0.2, 0.25) is 5.91 Å². The van der Waals surface area contributed by atoms with Crippen molar-refractivity contribution in [2.45, 2.75) is 76.7 Å². The van der Waals surface area contributed by atoms with Crippen LogP contribution < -0.4 is 5.32 Å². The molecule has 0 aromatic carbocycles. The van der Waals surface area contributed by atoms with Gasteiger partial charge in [-0.3, -0.25) is 9.59 Å². The third kappa shape index (κ3) is 4.80. The Morgan fingerprint density at radius 3 is 2.20 bits per heavy atom. The molecule has 4 nitrogen and oxygen atoms in total. The SMILES string of the molecule is O=C(CCC1CCCCC1)NC1CCC(C(=O)O)CC1. The molecule has 2 saturated carbocycles. The monoisotopic (exact) mass is 281 g/mol. The molecule has 20 heavy (non-hydrogen) atoms. The van der Waals surface area contributed by atoms with Crippen molar-refractivity contribution in [1.29, 1.82) is 0 Å². The van der Waals surface area contributed by atoms with Crippen LogP contribution in [0, 0.1) is 11.8 Å². The lowest BCUT2D eigenvalue weighted by Crippen LogP contribution is -2.38. The second-order valence-corrected chi connectivity index (χ2v) is 6.50. The van der Waals surface area contributed by atoms with Gasteiger partial charge in [0.25, 0.3) is 0 Å². The first-order valence-electron chi connectivity index (χ1n) is 8.17. The van der Waals surface area contributed by atoms with Crippen molar-refractivity contribution in [3.8, 4) is 0 Å². The minimum Gasteiger partial charge on any atom is -0.481 e. The Hall–Kier alpha value is -1.06. The molecule has 4 heteroatoms. The Morgan fingerprint density at radius 1 is 0.950 bits per heavy atom. The van der Waals surface area contributed by atoms with E-state index in [-0.39, 0.29) is 17.9 Å². The van der Waals surface area contributed by atoms with Crippen LogP contribution in [0.5, 0.6) is 0 Å². The zero-order chi connectivity index (χ0) is 14.4. The molecule has 0 radical (unpaired) electrons. The summed E-state index contributed by atoms with van der Waals surface area (Å²) in [5, 5.41) is 12.0. The normalized spacial score (nSPS) is 28.0. The van der Waals surface area contributed by atoms with E-state index in [9.17, 15) is 9.59 Å². The maximum Gasteiger partial charge on any atom is 0.306 e. The molecule has 114 valence electrons. The van der Waals surface area contributed by atoms with E-state index in [1.807, 2.05) is 0 Å². The number of hydrogen-bond acceptors (Lipinski definition) is 2. The Bertz CT molecular complexity index is 329. The third-order valence-corrected chi connectivity index (χ3v) is 4.95. The van der Waals surface area contributed by atoms with Crippen LogP contribution in [0.4, 0.5) is 0 Å². The summed E-state index contributed by atoms with van der Waals surface area (Å²) >= 11 is 0. The average Bonchev–Trinajstić information content (AvgIpc) is 2.47. The summed E-state index contributed by atoms with van der Waals surface area (Å²) in [5.41, 5.74) is 0. The van der Waals surface area contributed by atoms with Crippen molar-refractivity contribution >= 4 is 11.9 Å². The summed E-state index contributed by atoms with van der Waals surface area (Å²) in [5.74, 6) is 0.0176. The number of aliphatic carboxylic acids is 1. The summed E-state index contributed by atoms with van der Waals surface area (Å²) < 4.78 is 0. The van der Waals surface area contributed by atoms with Gasteiger partial charge in [-0.05, 0) is 38.0 Å². The highest BCUT2D eigenvalue weighted by atomic mass is 16.4. The van der Waals surface area contributed by atoms with Crippen LogP contribution in [0.25, 0.3) is 0 Å². The number of carbonyl (C=O) groups is 2. The second kappa shape index (κ2) is 7.65. The van der Waals surface area contributed by atoms with Gasteiger partial charge < -0.3 is 10.4 Å². The van der Waals surface area contributed by atoms with Gasteiger partial charge in [0.1, 0.15) is 0 Å². The molecule has 0 heterocycles. The first kappa shape index (κ1) is 15.3. The maximum absolute atomic E-state index is 11.9. The zero-order valence-corrected chi connectivity index (χ0v) is 12.3. The van der Waals surface area contributed by atoms with Crippen molar-refractivity contribution in [2.24, 2.45) is 11.8 Å². The fraction of sp³-hybridized carbons (Fsp3) is 0.875. The Kier molecular flexibility index (Phi) is 5.86. The lowest BCUT2D eigenvalue weighted by molar-refractivity contribution is -0.142. The number of carbonyl (C=O) groups excluding carboxylic acids is 1. The van der Waals surface area contributed by atoms with Gasteiger partial charge in [0.05, 0.1) is 5.92 Å². The second-order valence-electron chi connectivity index (χ2n) is 6.50. The molecule has 1 amide bonds. The Morgan fingerprint density at radius 2 is 1.60 bits per heavy atom. The topological polar surface area (TPSA) is 66.4 Å². The van der Waals surface area contributed by atoms with Crippen LogP contribution in [0.2, 0.25) is 0 Å². The van der Waals surface area contributed by atoms with Crippen LogP contribution in [0.3, 0.4) is 0 Å². The summed E-state index contributed by atoms with van der Waals surface area (Å²) in [6.07, 6.45) is 11.3. The van der Waals surface area contributed by atoms with Crippen molar-refractivity contribution in [3.63, 3.8) is 0 Å². The summed E-state index contributed by atoms with van der Waals surface area (Å²) in [4.78, 5) is 22.8. The molecule has 2 aliphatic carbocycles.